The van der Waals surface area contributed by atoms with E-state index < -0.39 is 0 Å². The Balaban J connectivity index is 2.14. The van der Waals surface area contributed by atoms with Crippen molar-refractivity contribution < 1.29 is 4.74 Å². The monoisotopic (exact) mass is 224 g/mol. The van der Waals surface area contributed by atoms with E-state index in [2.05, 4.69) is 25.1 Å². The molecule has 0 aromatic heterocycles. The van der Waals surface area contributed by atoms with E-state index in [4.69, 9.17) is 4.74 Å². The molecular formula is C16H16O. The summed E-state index contributed by atoms with van der Waals surface area (Å²) >= 11 is 0. The highest BCUT2D eigenvalue weighted by Gasteiger charge is 1.96. The summed E-state index contributed by atoms with van der Waals surface area (Å²) in [6.07, 6.45) is 5.29. The van der Waals surface area contributed by atoms with Gasteiger partial charge in [0.2, 0.25) is 0 Å². The van der Waals surface area contributed by atoms with E-state index in [9.17, 15) is 0 Å². The summed E-state index contributed by atoms with van der Waals surface area (Å²) in [5.41, 5.74) is 1.17. The second-order valence-electron chi connectivity index (χ2n) is 3.80. The molecule has 0 aliphatic carbocycles. The summed E-state index contributed by atoms with van der Waals surface area (Å²) in [5.74, 6) is 1.73. The van der Waals surface area contributed by atoms with Crippen LogP contribution in [0.2, 0.25) is 0 Å². The molecular weight excluding hydrogens is 208 g/mol. The Bertz CT molecular complexity index is 486. The van der Waals surface area contributed by atoms with Gasteiger partial charge in [-0.05, 0) is 36.2 Å². The van der Waals surface area contributed by atoms with Crippen molar-refractivity contribution in [2.24, 2.45) is 0 Å². The van der Waals surface area contributed by atoms with Crippen LogP contribution in [0.4, 0.5) is 0 Å². The molecule has 2 aromatic rings. The van der Waals surface area contributed by atoms with Crippen molar-refractivity contribution in [2.75, 3.05) is 0 Å². The number of allylic oxidation sites excluding steroid dienone is 1. The Hall–Kier alpha value is -2.02. The molecule has 2 rings (SSSR count). The zero-order valence-corrected chi connectivity index (χ0v) is 9.97. The Morgan fingerprint density at radius 2 is 1.71 bits per heavy atom. The van der Waals surface area contributed by atoms with Crippen molar-refractivity contribution in [2.45, 2.75) is 13.3 Å². The molecule has 86 valence electrons. The van der Waals surface area contributed by atoms with Crippen LogP contribution in [-0.4, -0.2) is 0 Å². The number of rotatable bonds is 4. The highest BCUT2D eigenvalue weighted by molar-refractivity contribution is 5.52. The van der Waals surface area contributed by atoms with Crippen molar-refractivity contribution in [1.82, 2.24) is 0 Å². The predicted octanol–water partition coefficient (Wildman–Crippen LogP) is 4.90. The average Bonchev–Trinajstić information content (AvgIpc) is 2.38. The van der Waals surface area contributed by atoms with E-state index in [1.54, 1.807) is 0 Å². The van der Waals surface area contributed by atoms with Gasteiger partial charge in [0.05, 0.1) is 0 Å². The third-order valence-electron chi connectivity index (χ3n) is 2.38. The SMILES string of the molecule is CCC=Cc1cccc(Oc2ccccc2)c1. The summed E-state index contributed by atoms with van der Waals surface area (Å²) in [6.45, 7) is 2.13. The second-order valence-corrected chi connectivity index (χ2v) is 3.80. The summed E-state index contributed by atoms with van der Waals surface area (Å²) in [6, 6.07) is 17.9. The van der Waals surface area contributed by atoms with E-state index >= 15 is 0 Å². The lowest BCUT2D eigenvalue weighted by Crippen LogP contribution is -1.83. The molecule has 0 N–H and O–H groups in total. The number of para-hydroxylation sites is 1. The third-order valence-corrected chi connectivity index (χ3v) is 2.38. The summed E-state index contributed by atoms with van der Waals surface area (Å²) in [4.78, 5) is 0. The molecule has 0 heterocycles. The minimum Gasteiger partial charge on any atom is -0.457 e. The fourth-order valence-electron chi connectivity index (χ4n) is 1.56. The normalized spacial score (nSPS) is 10.6. The Kier molecular flexibility index (Phi) is 3.98. The lowest BCUT2D eigenvalue weighted by Gasteiger charge is -2.05. The van der Waals surface area contributed by atoms with Gasteiger partial charge in [-0.2, -0.15) is 0 Å². The van der Waals surface area contributed by atoms with Gasteiger partial charge in [-0.15, -0.1) is 0 Å². The first-order valence-electron chi connectivity index (χ1n) is 5.88. The number of hydrogen-bond acceptors (Lipinski definition) is 1. The van der Waals surface area contributed by atoms with Gasteiger partial charge in [-0.3, -0.25) is 0 Å². The first kappa shape index (κ1) is 11.5. The fourth-order valence-corrected chi connectivity index (χ4v) is 1.56. The third kappa shape index (κ3) is 3.49. The van der Waals surface area contributed by atoms with Crippen LogP contribution in [0.5, 0.6) is 11.5 Å². The first-order chi connectivity index (χ1) is 8.38. The van der Waals surface area contributed by atoms with Crippen LogP contribution in [0.15, 0.2) is 60.7 Å². The predicted molar refractivity (Wildman–Crippen MR) is 72.3 cm³/mol. The highest BCUT2D eigenvalue weighted by atomic mass is 16.5. The number of hydrogen-bond donors (Lipinski definition) is 0. The summed E-state index contributed by atoms with van der Waals surface area (Å²) < 4.78 is 5.77. The van der Waals surface area contributed by atoms with E-state index in [0.29, 0.717) is 0 Å². The van der Waals surface area contributed by atoms with E-state index in [1.165, 1.54) is 5.56 Å². The van der Waals surface area contributed by atoms with Gasteiger partial charge in [0.1, 0.15) is 11.5 Å². The topological polar surface area (TPSA) is 9.23 Å². The van der Waals surface area contributed by atoms with Gasteiger partial charge < -0.3 is 4.74 Å². The molecule has 0 radical (unpaired) electrons. The van der Waals surface area contributed by atoms with Crippen molar-refractivity contribution in [3.63, 3.8) is 0 Å². The lowest BCUT2D eigenvalue weighted by atomic mass is 10.2. The van der Waals surface area contributed by atoms with Gasteiger partial charge in [-0.1, -0.05) is 49.4 Å². The van der Waals surface area contributed by atoms with E-state index in [-0.39, 0.29) is 0 Å². The van der Waals surface area contributed by atoms with Gasteiger partial charge in [-0.25, -0.2) is 0 Å². The fraction of sp³-hybridized carbons (Fsp3) is 0.125. The molecule has 0 saturated heterocycles. The molecule has 0 amide bonds. The minimum absolute atomic E-state index is 0.865. The van der Waals surface area contributed by atoms with Crippen molar-refractivity contribution in [3.8, 4) is 11.5 Å². The van der Waals surface area contributed by atoms with Crippen LogP contribution in [0, 0.1) is 0 Å². The van der Waals surface area contributed by atoms with Crippen molar-refractivity contribution in [1.29, 1.82) is 0 Å². The molecule has 0 saturated carbocycles. The largest absolute Gasteiger partial charge is 0.457 e. The Morgan fingerprint density at radius 1 is 0.941 bits per heavy atom. The molecule has 0 spiro atoms. The van der Waals surface area contributed by atoms with Crippen molar-refractivity contribution >= 4 is 6.08 Å². The Morgan fingerprint density at radius 3 is 2.47 bits per heavy atom. The molecule has 0 fully saturated rings. The van der Waals surface area contributed by atoms with E-state index in [0.717, 1.165) is 17.9 Å². The van der Waals surface area contributed by atoms with Gasteiger partial charge in [0, 0.05) is 0 Å². The van der Waals surface area contributed by atoms with Gasteiger partial charge >= 0.3 is 0 Å². The molecule has 0 bridgehead atoms. The molecule has 0 atom stereocenters. The smallest absolute Gasteiger partial charge is 0.128 e. The standard InChI is InChI=1S/C16H16O/c1-2-3-8-14-9-7-12-16(13-14)17-15-10-5-4-6-11-15/h3-13H,2H2,1H3. The van der Waals surface area contributed by atoms with Crippen LogP contribution >= 0.6 is 0 Å². The van der Waals surface area contributed by atoms with Crippen LogP contribution in [0.1, 0.15) is 18.9 Å². The molecule has 0 aliphatic heterocycles. The summed E-state index contributed by atoms with van der Waals surface area (Å²) in [5, 5.41) is 0. The maximum atomic E-state index is 5.77. The molecule has 17 heavy (non-hydrogen) atoms. The molecule has 0 unspecified atom stereocenters. The zero-order chi connectivity index (χ0) is 11.9. The van der Waals surface area contributed by atoms with Crippen LogP contribution in [0.3, 0.4) is 0 Å². The minimum atomic E-state index is 0.865. The maximum absolute atomic E-state index is 5.77. The molecule has 1 nitrogen and oxygen atoms in total. The highest BCUT2D eigenvalue weighted by Crippen LogP contribution is 2.22. The molecule has 0 aliphatic rings. The van der Waals surface area contributed by atoms with Crippen molar-refractivity contribution in [3.05, 3.63) is 66.2 Å². The molecule has 1 heteroatoms. The maximum Gasteiger partial charge on any atom is 0.128 e. The second kappa shape index (κ2) is 5.90. The van der Waals surface area contributed by atoms with Crippen LogP contribution in [0.25, 0.3) is 6.08 Å². The molecule has 2 aromatic carbocycles. The number of benzene rings is 2. The lowest BCUT2D eigenvalue weighted by molar-refractivity contribution is 0.482. The van der Waals surface area contributed by atoms with Crippen LogP contribution < -0.4 is 4.74 Å². The zero-order valence-electron chi connectivity index (χ0n) is 9.97. The van der Waals surface area contributed by atoms with Gasteiger partial charge in [0.15, 0.2) is 0 Å². The Labute approximate surface area is 102 Å². The quantitative estimate of drug-likeness (QED) is 0.717. The van der Waals surface area contributed by atoms with Gasteiger partial charge in [0.25, 0.3) is 0 Å². The first-order valence-corrected chi connectivity index (χ1v) is 5.88. The van der Waals surface area contributed by atoms with E-state index in [1.807, 2.05) is 48.5 Å². The average molecular weight is 224 g/mol. The number of ether oxygens (including phenoxy) is 1. The van der Waals surface area contributed by atoms with Crippen LogP contribution in [-0.2, 0) is 0 Å². The summed E-state index contributed by atoms with van der Waals surface area (Å²) in [7, 11) is 0.